The van der Waals surface area contributed by atoms with E-state index in [1.807, 2.05) is 36.5 Å². The van der Waals surface area contributed by atoms with Crippen molar-refractivity contribution in [2.24, 2.45) is 0 Å². The lowest BCUT2D eigenvalue weighted by Crippen LogP contribution is -2.17. The van der Waals surface area contributed by atoms with Crippen LogP contribution in [0.2, 0.25) is 0 Å². The van der Waals surface area contributed by atoms with E-state index in [1.165, 1.54) is 12.1 Å². The lowest BCUT2D eigenvalue weighted by atomic mass is 10.1. The molecule has 0 unspecified atom stereocenters. The molecule has 0 aliphatic heterocycles. The molecule has 0 spiro atoms. The molecule has 6 heteroatoms. The fourth-order valence-corrected chi connectivity index (χ4v) is 3.73. The van der Waals surface area contributed by atoms with Crippen LogP contribution in [-0.4, -0.2) is 21.0 Å². The maximum absolute atomic E-state index is 13.4. The Morgan fingerprint density at radius 2 is 1.73 bits per heavy atom. The van der Waals surface area contributed by atoms with E-state index in [1.54, 1.807) is 10.7 Å². The van der Waals surface area contributed by atoms with Crippen molar-refractivity contribution < 1.29 is 8.78 Å². The average Bonchev–Trinajstić information content (AvgIpc) is 3.41. The highest BCUT2D eigenvalue weighted by Gasteiger charge is 2.38. The van der Waals surface area contributed by atoms with Crippen LogP contribution in [0.15, 0.2) is 79.0 Å². The summed E-state index contributed by atoms with van der Waals surface area (Å²) >= 11 is 0. The van der Waals surface area contributed by atoms with Crippen LogP contribution in [0.4, 0.5) is 8.78 Å². The van der Waals surface area contributed by atoms with Gasteiger partial charge in [-0.2, -0.15) is 0 Å². The molecule has 2 atom stereocenters. The second-order valence-corrected chi connectivity index (χ2v) is 7.57. The van der Waals surface area contributed by atoms with Crippen molar-refractivity contribution in [2.45, 2.75) is 24.9 Å². The normalized spacial score (nSPS) is 17.8. The van der Waals surface area contributed by atoms with Crippen LogP contribution in [0.1, 0.15) is 23.6 Å². The molecule has 150 valence electrons. The van der Waals surface area contributed by atoms with E-state index in [2.05, 4.69) is 39.9 Å². The lowest BCUT2D eigenvalue weighted by molar-refractivity contribution is 0.506. The van der Waals surface area contributed by atoms with Crippen LogP contribution in [0.25, 0.3) is 16.8 Å². The summed E-state index contributed by atoms with van der Waals surface area (Å²) < 4.78 is 28.3. The molecule has 1 fully saturated rings. The second-order valence-electron chi connectivity index (χ2n) is 7.57. The van der Waals surface area contributed by atoms with Crippen LogP contribution < -0.4 is 5.32 Å². The van der Waals surface area contributed by atoms with Gasteiger partial charge in [-0.25, -0.2) is 13.5 Å². The highest BCUT2D eigenvalue weighted by Crippen LogP contribution is 2.41. The zero-order valence-corrected chi connectivity index (χ0v) is 16.2. The molecule has 1 aliphatic rings. The first kappa shape index (κ1) is 18.6. The van der Waals surface area contributed by atoms with Crippen molar-refractivity contribution in [2.75, 3.05) is 0 Å². The van der Waals surface area contributed by atoms with Gasteiger partial charge < -0.3 is 5.32 Å². The molecule has 1 N–H and O–H groups in total. The minimum Gasteiger partial charge on any atom is -0.308 e. The van der Waals surface area contributed by atoms with Crippen LogP contribution >= 0.6 is 0 Å². The van der Waals surface area contributed by atoms with E-state index in [0.717, 1.165) is 34.5 Å². The minimum atomic E-state index is -0.808. The van der Waals surface area contributed by atoms with E-state index in [9.17, 15) is 8.78 Å². The van der Waals surface area contributed by atoms with Gasteiger partial charge in [0.05, 0.1) is 17.6 Å². The van der Waals surface area contributed by atoms with Crippen molar-refractivity contribution in [1.82, 2.24) is 20.3 Å². The third kappa shape index (κ3) is 3.86. The zero-order valence-electron chi connectivity index (χ0n) is 16.2. The molecule has 1 heterocycles. The van der Waals surface area contributed by atoms with Gasteiger partial charge in [0.1, 0.15) is 0 Å². The maximum atomic E-state index is 13.4. The highest BCUT2D eigenvalue weighted by atomic mass is 19.2. The van der Waals surface area contributed by atoms with Crippen molar-refractivity contribution in [3.63, 3.8) is 0 Å². The van der Waals surface area contributed by atoms with E-state index >= 15 is 0 Å². The van der Waals surface area contributed by atoms with Gasteiger partial charge in [-0.3, -0.25) is 0 Å². The number of benzene rings is 3. The van der Waals surface area contributed by atoms with Crippen LogP contribution in [0, 0.1) is 11.6 Å². The predicted molar refractivity (Wildman–Crippen MR) is 111 cm³/mol. The van der Waals surface area contributed by atoms with Crippen LogP contribution in [0.3, 0.4) is 0 Å². The van der Waals surface area contributed by atoms with Gasteiger partial charge in [-0.15, -0.1) is 5.10 Å². The number of aromatic nitrogens is 3. The average molecular weight is 402 g/mol. The van der Waals surface area contributed by atoms with Gasteiger partial charge in [0.2, 0.25) is 0 Å². The molecule has 0 saturated heterocycles. The maximum Gasteiger partial charge on any atom is 0.159 e. The summed E-state index contributed by atoms with van der Waals surface area (Å²) in [5.74, 6) is -1.40. The molecule has 1 aliphatic carbocycles. The van der Waals surface area contributed by atoms with Gasteiger partial charge in [0.15, 0.2) is 11.6 Å². The molecular formula is C24H20F2N4. The number of halogens is 2. The summed E-state index contributed by atoms with van der Waals surface area (Å²) in [5, 5.41) is 11.9. The summed E-state index contributed by atoms with van der Waals surface area (Å²) in [5.41, 5.74) is 4.87. The molecule has 0 radical (unpaired) electrons. The van der Waals surface area contributed by atoms with Gasteiger partial charge in [-0.1, -0.05) is 53.7 Å². The van der Waals surface area contributed by atoms with Gasteiger partial charge in [0, 0.05) is 18.5 Å². The van der Waals surface area contributed by atoms with Gasteiger partial charge in [-0.05, 0) is 47.4 Å². The topological polar surface area (TPSA) is 42.7 Å². The molecule has 4 aromatic rings. The molecular weight excluding hydrogens is 382 g/mol. The number of nitrogens with one attached hydrogen (secondary N) is 1. The number of hydrogen-bond donors (Lipinski definition) is 1. The standard InChI is InChI=1S/C24H20F2N4/c25-22-10-9-18(12-23(22)26)21-13-24(21)27-14-19-15-30(29-28-19)20-8-4-7-17(11-20)16-5-2-1-3-6-16/h1-12,15,21,24,27H,13-14H2/t21-,24+/m0/s1. The molecule has 3 aromatic carbocycles. The summed E-state index contributed by atoms with van der Waals surface area (Å²) in [6.45, 7) is 0.573. The molecule has 1 saturated carbocycles. The Bertz CT molecular complexity index is 1170. The van der Waals surface area contributed by atoms with E-state index in [-0.39, 0.29) is 12.0 Å². The van der Waals surface area contributed by atoms with Crippen molar-refractivity contribution in [3.05, 3.63) is 102 Å². The molecule has 0 bridgehead atoms. The molecule has 4 nitrogen and oxygen atoms in total. The fraction of sp³-hybridized carbons (Fsp3) is 0.167. The Hall–Kier alpha value is -3.38. The molecule has 5 rings (SSSR count). The summed E-state index contributed by atoms with van der Waals surface area (Å²) in [6.07, 6.45) is 2.81. The third-order valence-corrected chi connectivity index (χ3v) is 5.47. The smallest absolute Gasteiger partial charge is 0.159 e. The van der Waals surface area contributed by atoms with E-state index in [4.69, 9.17) is 0 Å². The Labute approximate surface area is 173 Å². The Morgan fingerprint density at radius 3 is 2.57 bits per heavy atom. The lowest BCUT2D eigenvalue weighted by Gasteiger charge is -2.05. The molecule has 0 amide bonds. The first-order valence-electron chi connectivity index (χ1n) is 9.93. The van der Waals surface area contributed by atoms with E-state index < -0.39 is 11.6 Å². The minimum absolute atomic E-state index is 0.206. The Morgan fingerprint density at radius 1 is 0.900 bits per heavy atom. The van der Waals surface area contributed by atoms with Crippen LogP contribution in [-0.2, 0) is 6.54 Å². The Kier molecular flexibility index (Phi) is 4.85. The van der Waals surface area contributed by atoms with Crippen molar-refractivity contribution in [1.29, 1.82) is 0 Å². The van der Waals surface area contributed by atoms with Gasteiger partial charge >= 0.3 is 0 Å². The number of rotatable bonds is 6. The summed E-state index contributed by atoms with van der Waals surface area (Å²) in [7, 11) is 0. The fourth-order valence-electron chi connectivity index (χ4n) is 3.73. The molecule has 30 heavy (non-hydrogen) atoms. The van der Waals surface area contributed by atoms with Crippen molar-refractivity contribution in [3.8, 4) is 16.8 Å². The quantitative estimate of drug-likeness (QED) is 0.501. The predicted octanol–water partition coefficient (Wildman–Crippen LogP) is 4.86. The van der Waals surface area contributed by atoms with Crippen molar-refractivity contribution >= 4 is 0 Å². The second kappa shape index (κ2) is 7.80. The van der Waals surface area contributed by atoms with Crippen LogP contribution in [0.5, 0.6) is 0 Å². The monoisotopic (exact) mass is 402 g/mol. The molecule has 1 aromatic heterocycles. The zero-order chi connectivity index (χ0) is 20.5. The van der Waals surface area contributed by atoms with E-state index in [0.29, 0.717) is 6.54 Å². The third-order valence-electron chi connectivity index (χ3n) is 5.47. The summed E-state index contributed by atoms with van der Waals surface area (Å²) in [4.78, 5) is 0. The largest absolute Gasteiger partial charge is 0.308 e. The van der Waals surface area contributed by atoms with Gasteiger partial charge in [0.25, 0.3) is 0 Å². The first-order chi connectivity index (χ1) is 14.7. The first-order valence-corrected chi connectivity index (χ1v) is 9.93. The summed E-state index contributed by atoms with van der Waals surface area (Å²) in [6, 6.07) is 22.7. The Balaban J connectivity index is 1.23. The number of hydrogen-bond acceptors (Lipinski definition) is 3. The number of nitrogens with zero attached hydrogens (tertiary/aromatic N) is 3. The SMILES string of the molecule is Fc1ccc([C@@H]2C[C@H]2NCc2cn(-c3cccc(-c4ccccc4)c3)nn2)cc1F. The highest BCUT2D eigenvalue weighted by molar-refractivity contribution is 5.65.